The van der Waals surface area contributed by atoms with Crippen molar-refractivity contribution in [2.75, 3.05) is 50.1 Å². The molecule has 1 aliphatic heterocycles. The molecule has 1 N–H and O–H groups in total. The number of piperazine rings is 1. The molecule has 0 aliphatic carbocycles. The number of amides is 1. The normalized spacial score (nSPS) is 14.3. The molecule has 1 fully saturated rings. The summed E-state index contributed by atoms with van der Waals surface area (Å²) in [6.45, 7) is 9.82. The largest absolute Gasteiger partial charge is 0.497 e. The second kappa shape index (κ2) is 8.91. The SMILES string of the molecule is COc1ccc(N2CCN(C(=O)c3cc(NCC(C)C)nc(C)n3)CC2)cc1. The van der Waals surface area contributed by atoms with Crippen molar-refractivity contribution < 1.29 is 9.53 Å². The van der Waals surface area contributed by atoms with Crippen molar-refractivity contribution in [1.29, 1.82) is 0 Å². The third-order valence-corrected chi connectivity index (χ3v) is 4.75. The summed E-state index contributed by atoms with van der Waals surface area (Å²) in [6, 6.07) is 9.78. The summed E-state index contributed by atoms with van der Waals surface area (Å²) >= 11 is 0. The second-order valence-electron chi connectivity index (χ2n) is 7.44. The Morgan fingerprint density at radius 3 is 2.43 bits per heavy atom. The number of aryl methyl sites for hydroxylation is 1. The van der Waals surface area contributed by atoms with E-state index in [9.17, 15) is 4.79 Å². The van der Waals surface area contributed by atoms with Gasteiger partial charge in [-0.15, -0.1) is 0 Å². The minimum atomic E-state index is -0.0347. The van der Waals surface area contributed by atoms with Crippen LogP contribution in [0.2, 0.25) is 0 Å². The van der Waals surface area contributed by atoms with Gasteiger partial charge in [0, 0.05) is 44.5 Å². The Labute approximate surface area is 166 Å². The number of ether oxygens (including phenoxy) is 1. The van der Waals surface area contributed by atoms with Gasteiger partial charge in [0.2, 0.25) is 0 Å². The molecule has 7 heteroatoms. The summed E-state index contributed by atoms with van der Waals surface area (Å²) < 4.78 is 5.22. The van der Waals surface area contributed by atoms with E-state index in [1.165, 1.54) is 0 Å². The van der Waals surface area contributed by atoms with Gasteiger partial charge in [0.15, 0.2) is 0 Å². The van der Waals surface area contributed by atoms with Crippen LogP contribution >= 0.6 is 0 Å². The number of carbonyl (C=O) groups is 1. The molecule has 3 rings (SSSR count). The van der Waals surface area contributed by atoms with Gasteiger partial charge in [0.1, 0.15) is 23.1 Å². The van der Waals surface area contributed by atoms with Crippen molar-refractivity contribution >= 4 is 17.4 Å². The van der Waals surface area contributed by atoms with Crippen LogP contribution in [0.25, 0.3) is 0 Å². The lowest BCUT2D eigenvalue weighted by Crippen LogP contribution is -2.49. The zero-order valence-electron chi connectivity index (χ0n) is 17.1. The highest BCUT2D eigenvalue weighted by atomic mass is 16.5. The lowest BCUT2D eigenvalue weighted by molar-refractivity contribution is 0.0740. The Balaban J connectivity index is 1.63. The van der Waals surface area contributed by atoms with E-state index in [-0.39, 0.29) is 5.91 Å². The average Bonchev–Trinajstić information content (AvgIpc) is 2.71. The van der Waals surface area contributed by atoms with Crippen molar-refractivity contribution in [2.24, 2.45) is 5.92 Å². The molecule has 1 saturated heterocycles. The molecule has 1 amide bonds. The minimum Gasteiger partial charge on any atom is -0.497 e. The van der Waals surface area contributed by atoms with Crippen LogP contribution in [-0.4, -0.2) is 60.6 Å². The first-order valence-corrected chi connectivity index (χ1v) is 9.74. The molecule has 7 nitrogen and oxygen atoms in total. The molecule has 0 radical (unpaired) electrons. The van der Waals surface area contributed by atoms with E-state index >= 15 is 0 Å². The van der Waals surface area contributed by atoms with Crippen LogP contribution in [0.1, 0.15) is 30.2 Å². The number of nitrogens with zero attached hydrogens (tertiary/aromatic N) is 4. The Bertz CT molecular complexity index is 799. The van der Waals surface area contributed by atoms with E-state index < -0.39 is 0 Å². The molecule has 0 bridgehead atoms. The number of methoxy groups -OCH3 is 1. The standard InChI is InChI=1S/C21H29N5O2/c1-15(2)14-22-20-13-19(23-16(3)24-20)21(27)26-11-9-25(10-12-26)17-5-7-18(28-4)8-6-17/h5-8,13,15H,9-12,14H2,1-4H3,(H,22,23,24). The van der Waals surface area contributed by atoms with Gasteiger partial charge in [-0.2, -0.15) is 0 Å². The van der Waals surface area contributed by atoms with E-state index in [2.05, 4.69) is 46.2 Å². The van der Waals surface area contributed by atoms with Crippen LogP contribution < -0.4 is 15.0 Å². The quantitative estimate of drug-likeness (QED) is 0.827. The Morgan fingerprint density at radius 1 is 1.14 bits per heavy atom. The number of benzene rings is 1. The smallest absolute Gasteiger partial charge is 0.272 e. The molecule has 0 saturated carbocycles. The molecule has 2 heterocycles. The number of anilines is 2. The fourth-order valence-corrected chi connectivity index (χ4v) is 3.20. The molecule has 1 aromatic carbocycles. The molecule has 1 aliphatic rings. The lowest BCUT2D eigenvalue weighted by atomic mass is 10.2. The van der Waals surface area contributed by atoms with E-state index in [0.29, 0.717) is 36.3 Å². The number of aromatic nitrogens is 2. The number of carbonyl (C=O) groups excluding carboxylic acids is 1. The molecule has 0 spiro atoms. The van der Waals surface area contributed by atoms with Crippen molar-refractivity contribution in [3.8, 4) is 5.75 Å². The van der Waals surface area contributed by atoms with Crippen molar-refractivity contribution in [1.82, 2.24) is 14.9 Å². The number of rotatable bonds is 6. The highest BCUT2D eigenvalue weighted by molar-refractivity contribution is 5.93. The predicted molar refractivity (Wildman–Crippen MR) is 111 cm³/mol. The molecular weight excluding hydrogens is 354 g/mol. The molecule has 28 heavy (non-hydrogen) atoms. The molecule has 1 aromatic heterocycles. The van der Waals surface area contributed by atoms with Crippen LogP contribution in [0, 0.1) is 12.8 Å². The first-order chi connectivity index (χ1) is 13.5. The zero-order chi connectivity index (χ0) is 20.1. The molecule has 150 valence electrons. The molecule has 2 aromatic rings. The highest BCUT2D eigenvalue weighted by Crippen LogP contribution is 2.21. The number of hydrogen-bond donors (Lipinski definition) is 1. The average molecular weight is 383 g/mol. The van der Waals surface area contributed by atoms with E-state index in [1.54, 1.807) is 13.2 Å². The fraction of sp³-hybridized carbons (Fsp3) is 0.476. The van der Waals surface area contributed by atoms with Crippen molar-refractivity contribution in [3.63, 3.8) is 0 Å². The zero-order valence-corrected chi connectivity index (χ0v) is 17.1. The van der Waals surface area contributed by atoms with Gasteiger partial charge in [-0.1, -0.05) is 13.8 Å². The lowest BCUT2D eigenvalue weighted by Gasteiger charge is -2.36. The van der Waals surface area contributed by atoms with Crippen LogP contribution in [0.5, 0.6) is 5.75 Å². The van der Waals surface area contributed by atoms with Gasteiger partial charge in [-0.05, 0) is 37.1 Å². The third-order valence-electron chi connectivity index (χ3n) is 4.75. The molecular formula is C21H29N5O2. The molecule has 0 atom stereocenters. The second-order valence-corrected chi connectivity index (χ2v) is 7.44. The van der Waals surface area contributed by atoms with Gasteiger partial charge < -0.3 is 19.9 Å². The maximum Gasteiger partial charge on any atom is 0.272 e. The van der Waals surface area contributed by atoms with Gasteiger partial charge in [0.05, 0.1) is 7.11 Å². The summed E-state index contributed by atoms with van der Waals surface area (Å²) in [5.41, 5.74) is 1.60. The van der Waals surface area contributed by atoms with Crippen LogP contribution in [0.4, 0.5) is 11.5 Å². The maximum absolute atomic E-state index is 12.9. The predicted octanol–water partition coefficient (Wildman–Crippen LogP) is 2.82. The Morgan fingerprint density at radius 2 is 1.82 bits per heavy atom. The summed E-state index contributed by atoms with van der Waals surface area (Å²) in [5, 5.41) is 3.28. The minimum absolute atomic E-state index is 0.0347. The van der Waals surface area contributed by atoms with Gasteiger partial charge >= 0.3 is 0 Å². The van der Waals surface area contributed by atoms with Gasteiger partial charge in [-0.25, -0.2) is 9.97 Å². The van der Waals surface area contributed by atoms with Gasteiger partial charge in [-0.3, -0.25) is 4.79 Å². The summed E-state index contributed by atoms with van der Waals surface area (Å²) in [7, 11) is 1.66. The Kier molecular flexibility index (Phi) is 6.34. The van der Waals surface area contributed by atoms with Crippen LogP contribution in [0.3, 0.4) is 0 Å². The summed E-state index contributed by atoms with van der Waals surface area (Å²) in [6.07, 6.45) is 0. The maximum atomic E-state index is 12.9. The summed E-state index contributed by atoms with van der Waals surface area (Å²) in [4.78, 5) is 25.8. The highest BCUT2D eigenvalue weighted by Gasteiger charge is 2.24. The first kappa shape index (κ1) is 19.9. The van der Waals surface area contributed by atoms with Crippen LogP contribution in [-0.2, 0) is 0 Å². The third kappa shape index (κ3) is 4.91. The first-order valence-electron chi connectivity index (χ1n) is 9.74. The number of nitrogens with one attached hydrogen (secondary N) is 1. The summed E-state index contributed by atoms with van der Waals surface area (Å²) in [5.74, 6) is 2.63. The Hall–Kier alpha value is -2.83. The fourth-order valence-electron chi connectivity index (χ4n) is 3.20. The van der Waals surface area contributed by atoms with Crippen molar-refractivity contribution in [3.05, 3.63) is 41.9 Å². The van der Waals surface area contributed by atoms with E-state index in [4.69, 9.17) is 4.74 Å². The van der Waals surface area contributed by atoms with Crippen molar-refractivity contribution in [2.45, 2.75) is 20.8 Å². The monoisotopic (exact) mass is 383 g/mol. The van der Waals surface area contributed by atoms with Crippen LogP contribution in [0.15, 0.2) is 30.3 Å². The topological polar surface area (TPSA) is 70.6 Å². The number of hydrogen-bond acceptors (Lipinski definition) is 6. The van der Waals surface area contributed by atoms with Gasteiger partial charge in [0.25, 0.3) is 5.91 Å². The molecule has 0 unspecified atom stereocenters. The van der Waals surface area contributed by atoms with E-state index in [1.807, 2.05) is 24.0 Å². The van der Waals surface area contributed by atoms with E-state index in [0.717, 1.165) is 31.1 Å².